The van der Waals surface area contributed by atoms with Crippen LogP contribution in [0.25, 0.3) is 0 Å². The zero-order valence-electron chi connectivity index (χ0n) is 16.8. The molecular weight excluding hydrogens is 455 g/mol. The highest BCUT2D eigenvalue weighted by atomic mass is 79.9. The van der Waals surface area contributed by atoms with Gasteiger partial charge in [0.2, 0.25) is 0 Å². The number of carbonyl (C=O) groups is 2. The average molecular weight is 480 g/mol. The second-order valence-corrected chi connectivity index (χ2v) is 10.0. The molecule has 1 N–H and O–H groups in total. The fraction of sp³-hybridized carbons (Fsp3) is 0.579. The monoisotopic (exact) mass is 478 g/mol. The summed E-state index contributed by atoms with van der Waals surface area (Å²) in [7, 11) is 0. The van der Waals surface area contributed by atoms with Gasteiger partial charge in [-0.1, -0.05) is 11.6 Å². The minimum Gasteiger partial charge on any atom is -0.444 e. The summed E-state index contributed by atoms with van der Waals surface area (Å²) in [5.41, 5.74) is -2.12. The summed E-state index contributed by atoms with van der Waals surface area (Å²) in [5.74, 6) is -0.521. The molecule has 2 rings (SSSR count). The van der Waals surface area contributed by atoms with Crippen LogP contribution >= 0.6 is 27.5 Å². The molecule has 0 radical (unpaired) electrons. The van der Waals surface area contributed by atoms with Gasteiger partial charge in [0.25, 0.3) is 0 Å². The molecule has 0 aromatic heterocycles. The molecule has 0 unspecified atom stereocenters. The van der Waals surface area contributed by atoms with Gasteiger partial charge in [-0.25, -0.2) is 14.0 Å². The van der Waals surface area contributed by atoms with Crippen molar-refractivity contribution in [2.75, 3.05) is 13.1 Å². The Balaban J connectivity index is 2.32. The molecule has 6 nitrogen and oxygen atoms in total. The number of hydrogen-bond acceptors (Lipinski definition) is 4. The van der Waals surface area contributed by atoms with Crippen molar-refractivity contribution in [2.24, 2.45) is 0 Å². The first-order valence-corrected chi connectivity index (χ1v) is 9.93. The average Bonchev–Trinajstić information content (AvgIpc) is 2.42. The molecule has 0 aliphatic carbocycles. The third-order valence-electron chi connectivity index (χ3n) is 3.82. The molecule has 0 atom stereocenters. The van der Waals surface area contributed by atoms with Crippen molar-refractivity contribution < 1.29 is 23.5 Å². The van der Waals surface area contributed by atoms with Gasteiger partial charge in [-0.05, 0) is 69.6 Å². The lowest BCUT2D eigenvalue weighted by atomic mass is 9.82. The highest BCUT2D eigenvalue weighted by Crippen LogP contribution is 2.40. The smallest absolute Gasteiger partial charge is 0.410 e. The molecule has 9 heteroatoms. The van der Waals surface area contributed by atoms with Gasteiger partial charge in [-0.15, -0.1) is 0 Å². The standard InChI is InChI=1S/C19H25BrClFN2O4/c1-17(2,3)27-15(25)23-19(12-7-11(22)8-13(20)14(12)21)9-24(10-19)16(26)28-18(4,5)6/h7-8H,9-10H2,1-6H3,(H,23,25). The third-order valence-corrected chi connectivity index (χ3v) is 5.08. The van der Waals surface area contributed by atoms with E-state index in [4.69, 9.17) is 21.1 Å². The first-order valence-electron chi connectivity index (χ1n) is 8.76. The third kappa shape index (κ3) is 5.50. The Hall–Kier alpha value is -1.54. The molecule has 1 fully saturated rings. The van der Waals surface area contributed by atoms with E-state index in [9.17, 15) is 14.0 Å². The van der Waals surface area contributed by atoms with Gasteiger partial charge in [0.1, 0.15) is 22.6 Å². The zero-order chi connectivity index (χ0) is 21.5. The van der Waals surface area contributed by atoms with Gasteiger partial charge in [0, 0.05) is 10.0 Å². The lowest BCUT2D eigenvalue weighted by molar-refractivity contribution is -0.0230. The van der Waals surface area contributed by atoms with E-state index in [1.807, 2.05) is 0 Å². The van der Waals surface area contributed by atoms with Crippen molar-refractivity contribution in [1.29, 1.82) is 0 Å². The van der Waals surface area contributed by atoms with E-state index in [1.54, 1.807) is 41.5 Å². The SMILES string of the molecule is CC(C)(C)OC(=O)NC1(c2cc(F)cc(Br)c2Cl)CN(C(=O)OC(C)(C)C)C1. The van der Waals surface area contributed by atoms with Crippen LogP contribution in [0.2, 0.25) is 5.02 Å². The van der Waals surface area contributed by atoms with Crippen LogP contribution in [-0.4, -0.2) is 41.4 Å². The zero-order valence-corrected chi connectivity index (χ0v) is 19.1. The number of carbonyl (C=O) groups excluding carboxylic acids is 2. The quantitative estimate of drug-likeness (QED) is 0.591. The molecule has 28 heavy (non-hydrogen) atoms. The molecule has 156 valence electrons. The van der Waals surface area contributed by atoms with Crippen LogP contribution < -0.4 is 5.32 Å². The number of ether oxygens (including phenoxy) is 2. The van der Waals surface area contributed by atoms with E-state index >= 15 is 0 Å². The topological polar surface area (TPSA) is 67.9 Å². The summed E-state index contributed by atoms with van der Waals surface area (Å²) >= 11 is 9.59. The number of hydrogen-bond donors (Lipinski definition) is 1. The fourth-order valence-corrected chi connectivity index (χ4v) is 3.50. The van der Waals surface area contributed by atoms with Crippen molar-refractivity contribution >= 4 is 39.7 Å². The lowest BCUT2D eigenvalue weighted by Crippen LogP contribution is -2.69. The Morgan fingerprint density at radius 1 is 1.14 bits per heavy atom. The molecule has 1 aromatic carbocycles. The van der Waals surface area contributed by atoms with E-state index in [1.165, 1.54) is 17.0 Å². The Morgan fingerprint density at radius 2 is 1.68 bits per heavy atom. The van der Waals surface area contributed by atoms with Gasteiger partial charge in [-0.3, -0.25) is 0 Å². The number of rotatable bonds is 2. The molecule has 0 bridgehead atoms. The van der Waals surface area contributed by atoms with Gasteiger partial charge in [-0.2, -0.15) is 0 Å². The summed E-state index contributed by atoms with van der Waals surface area (Å²) in [6, 6.07) is 2.48. The normalized spacial score (nSPS) is 16.2. The van der Waals surface area contributed by atoms with E-state index in [-0.39, 0.29) is 18.1 Å². The Kier molecular flexibility index (Phi) is 6.26. The minimum absolute atomic E-state index is 0.0662. The van der Waals surface area contributed by atoms with Crippen LogP contribution in [0.15, 0.2) is 16.6 Å². The van der Waals surface area contributed by atoms with E-state index in [2.05, 4.69) is 21.2 Å². The first kappa shape index (κ1) is 22.7. The van der Waals surface area contributed by atoms with Crippen LogP contribution in [0.5, 0.6) is 0 Å². The molecule has 1 aliphatic rings. The Bertz CT molecular complexity index is 783. The molecule has 0 saturated carbocycles. The van der Waals surface area contributed by atoms with Crippen LogP contribution in [0.1, 0.15) is 47.1 Å². The number of amides is 2. The number of nitrogens with zero attached hydrogens (tertiary/aromatic N) is 1. The van der Waals surface area contributed by atoms with Gasteiger partial charge in [0.05, 0.1) is 18.1 Å². The highest BCUT2D eigenvalue weighted by molar-refractivity contribution is 9.10. The predicted molar refractivity (Wildman–Crippen MR) is 108 cm³/mol. The summed E-state index contributed by atoms with van der Waals surface area (Å²) in [4.78, 5) is 26.2. The summed E-state index contributed by atoms with van der Waals surface area (Å²) in [6.45, 7) is 10.6. The van der Waals surface area contributed by atoms with Crippen molar-refractivity contribution in [3.63, 3.8) is 0 Å². The predicted octanol–water partition coefficient (Wildman–Crippen LogP) is 5.21. The molecule has 1 aliphatic heterocycles. The first-order chi connectivity index (χ1) is 12.6. The fourth-order valence-electron chi connectivity index (χ4n) is 2.78. The summed E-state index contributed by atoms with van der Waals surface area (Å²) < 4.78 is 25.1. The Morgan fingerprint density at radius 3 is 2.18 bits per heavy atom. The van der Waals surface area contributed by atoms with Gasteiger partial charge < -0.3 is 19.7 Å². The molecule has 1 heterocycles. The van der Waals surface area contributed by atoms with Crippen LogP contribution in [0, 0.1) is 5.82 Å². The van der Waals surface area contributed by atoms with E-state index in [0.717, 1.165) is 0 Å². The van der Waals surface area contributed by atoms with Gasteiger partial charge in [0.15, 0.2) is 0 Å². The molecule has 1 saturated heterocycles. The second-order valence-electron chi connectivity index (χ2n) is 8.79. The summed E-state index contributed by atoms with van der Waals surface area (Å²) in [6.07, 6.45) is -1.21. The second kappa shape index (κ2) is 7.71. The van der Waals surface area contributed by atoms with Gasteiger partial charge >= 0.3 is 12.2 Å². The van der Waals surface area contributed by atoms with Crippen molar-refractivity contribution in [3.8, 4) is 0 Å². The van der Waals surface area contributed by atoms with Crippen molar-refractivity contribution in [3.05, 3.63) is 33.0 Å². The maximum absolute atomic E-state index is 14.0. The lowest BCUT2D eigenvalue weighted by Gasteiger charge is -2.50. The molecule has 0 spiro atoms. The van der Waals surface area contributed by atoms with Crippen LogP contribution in [-0.2, 0) is 15.0 Å². The number of nitrogens with one attached hydrogen (secondary N) is 1. The van der Waals surface area contributed by atoms with E-state index in [0.29, 0.717) is 10.0 Å². The van der Waals surface area contributed by atoms with Crippen LogP contribution in [0.4, 0.5) is 14.0 Å². The van der Waals surface area contributed by atoms with E-state index < -0.39 is 34.7 Å². The number of halogens is 3. The minimum atomic E-state index is -1.10. The number of likely N-dealkylation sites (tertiary alicyclic amines) is 1. The maximum Gasteiger partial charge on any atom is 0.410 e. The molecular formula is C19H25BrClFN2O4. The summed E-state index contributed by atoms with van der Waals surface area (Å²) in [5, 5.41) is 3.01. The van der Waals surface area contributed by atoms with Crippen LogP contribution in [0.3, 0.4) is 0 Å². The Labute approximate surface area is 177 Å². The highest BCUT2D eigenvalue weighted by Gasteiger charge is 2.51. The maximum atomic E-state index is 14.0. The largest absolute Gasteiger partial charge is 0.444 e. The number of benzene rings is 1. The van der Waals surface area contributed by atoms with Crippen molar-refractivity contribution in [1.82, 2.24) is 10.2 Å². The van der Waals surface area contributed by atoms with Crippen molar-refractivity contribution in [2.45, 2.75) is 58.3 Å². The number of alkyl carbamates (subject to hydrolysis) is 1. The molecule has 1 aromatic rings. The molecule has 2 amide bonds.